The van der Waals surface area contributed by atoms with Gasteiger partial charge in [0.2, 0.25) is 5.91 Å². The number of amides is 2. The van der Waals surface area contributed by atoms with Crippen LogP contribution in [0.25, 0.3) is 11.4 Å². The first kappa shape index (κ1) is 22.0. The van der Waals surface area contributed by atoms with Crippen LogP contribution in [-0.4, -0.2) is 58.1 Å². The van der Waals surface area contributed by atoms with E-state index >= 15 is 0 Å². The lowest BCUT2D eigenvalue weighted by molar-refractivity contribution is -0.124. The molecule has 1 atom stereocenters. The van der Waals surface area contributed by atoms with Crippen molar-refractivity contribution in [2.24, 2.45) is 5.41 Å². The maximum Gasteiger partial charge on any atom is 0.272 e. The van der Waals surface area contributed by atoms with Crippen molar-refractivity contribution in [1.82, 2.24) is 30.2 Å². The average molecular weight is 417 g/mol. The predicted octanol–water partition coefficient (Wildman–Crippen LogP) is 1.88. The Hall–Kier alpha value is -2.68. The molecule has 0 aliphatic carbocycles. The highest BCUT2D eigenvalue weighted by Gasteiger charge is 2.35. The first-order chi connectivity index (χ1) is 14.0. The van der Waals surface area contributed by atoms with Crippen LogP contribution in [0.15, 0.2) is 4.52 Å². The van der Waals surface area contributed by atoms with Crippen molar-refractivity contribution < 1.29 is 14.1 Å². The van der Waals surface area contributed by atoms with Crippen molar-refractivity contribution in [3.8, 4) is 11.4 Å². The van der Waals surface area contributed by atoms with E-state index in [0.717, 1.165) is 36.5 Å². The molecule has 1 aliphatic heterocycles. The fourth-order valence-electron chi connectivity index (χ4n) is 3.92. The molecule has 1 unspecified atom stereocenters. The van der Waals surface area contributed by atoms with Crippen LogP contribution in [-0.2, 0) is 17.9 Å². The van der Waals surface area contributed by atoms with Crippen molar-refractivity contribution >= 4 is 11.8 Å². The van der Waals surface area contributed by atoms with Gasteiger partial charge in [-0.05, 0) is 39.3 Å². The minimum Gasteiger partial charge on any atom is -0.361 e. The molecular weight excluding hydrogens is 384 g/mol. The standard InChI is InChI=1S/C21H32N6O3/c1-12-15(13(2)30-25-12)18-23-16(14-11-26(7)9-8-10-27(14)18)19(28)24-17(20(29)22-6)21(3,4)5/h17H,8-11H2,1-7H3,(H,22,29)(H,24,28). The number of likely N-dealkylation sites (N-methyl/N-ethyl adjacent to an activating group) is 1. The summed E-state index contributed by atoms with van der Waals surface area (Å²) < 4.78 is 7.45. The maximum atomic E-state index is 13.3. The van der Waals surface area contributed by atoms with Crippen molar-refractivity contribution in [3.05, 3.63) is 22.8 Å². The van der Waals surface area contributed by atoms with Gasteiger partial charge >= 0.3 is 0 Å². The SMILES string of the molecule is CNC(=O)C(NC(=O)c1nc(-c2c(C)noc2C)n2c1CN(C)CCC2)C(C)(C)C. The van der Waals surface area contributed by atoms with Crippen LogP contribution in [0, 0.1) is 19.3 Å². The van der Waals surface area contributed by atoms with Gasteiger partial charge in [-0.2, -0.15) is 0 Å². The molecule has 1 aliphatic rings. The summed E-state index contributed by atoms with van der Waals surface area (Å²) in [6, 6.07) is -0.682. The number of imidazole rings is 1. The lowest BCUT2D eigenvalue weighted by atomic mass is 9.86. The Morgan fingerprint density at radius 2 is 1.90 bits per heavy atom. The molecule has 2 amide bonds. The van der Waals surface area contributed by atoms with E-state index in [2.05, 4.69) is 25.3 Å². The van der Waals surface area contributed by atoms with E-state index < -0.39 is 11.5 Å². The van der Waals surface area contributed by atoms with Crippen molar-refractivity contribution in [2.45, 2.75) is 60.2 Å². The molecule has 2 aromatic rings. The number of aromatic nitrogens is 3. The van der Waals surface area contributed by atoms with Gasteiger partial charge in [-0.25, -0.2) is 4.98 Å². The topological polar surface area (TPSA) is 105 Å². The second-order valence-electron chi connectivity index (χ2n) is 9.06. The molecule has 0 spiro atoms. The third kappa shape index (κ3) is 4.12. The van der Waals surface area contributed by atoms with E-state index in [-0.39, 0.29) is 11.8 Å². The molecule has 0 bridgehead atoms. The number of nitrogens with one attached hydrogen (secondary N) is 2. The number of hydrogen-bond acceptors (Lipinski definition) is 6. The molecule has 0 aromatic carbocycles. The van der Waals surface area contributed by atoms with Gasteiger partial charge in [0.25, 0.3) is 5.91 Å². The van der Waals surface area contributed by atoms with Gasteiger partial charge in [0.15, 0.2) is 5.69 Å². The van der Waals surface area contributed by atoms with Crippen LogP contribution in [0.2, 0.25) is 0 Å². The molecule has 2 aromatic heterocycles. The molecule has 0 saturated carbocycles. The third-order valence-corrected chi connectivity index (χ3v) is 5.54. The van der Waals surface area contributed by atoms with Crippen molar-refractivity contribution in [3.63, 3.8) is 0 Å². The molecule has 9 heteroatoms. The van der Waals surface area contributed by atoms with Crippen LogP contribution in [0.5, 0.6) is 0 Å². The fourth-order valence-corrected chi connectivity index (χ4v) is 3.92. The number of fused-ring (bicyclic) bond motifs is 1. The predicted molar refractivity (Wildman–Crippen MR) is 113 cm³/mol. The number of nitrogens with zero attached hydrogens (tertiary/aromatic N) is 4. The second kappa shape index (κ2) is 8.22. The molecule has 164 valence electrons. The Balaban J connectivity index is 2.08. The molecule has 0 saturated heterocycles. The summed E-state index contributed by atoms with van der Waals surface area (Å²) in [4.78, 5) is 32.7. The summed E-state index contributed by atoms with van der Waals surface area (Å²) in [6.45, 7) is 11.7. The van der Waals surface area contributed by atoms with Gasteiger partial charge in [0, 0.05) is 20.1 Å². The minimum atomic E-state index is -0.682. The lowest BCUT2D eigenvalue weighted by Crippen LogP contribution is -2.53. The Labute approximate surface area is 177 Å². The van der Waals surface area contributed by atoms with Crippen molar-refractivity contribution in [2.75, 3.05) is 20.6 Å². The van der Waals surface area contributed by atoms with E-state index in [0.29, 0.717) is 23.8 Å². The third-order valence-electron chi connectivity index (χ3n) is 5.54. The van der Waals surface area contributed by atoms with E-state index in [1.807, 2.05) is 41.7 Å². The molecule has 0 fully saturated rings. The average Bonchev–Trinajstić information content (AvgIpc) is 3.10. The fraction of sp³-hybridized carbons (Fsp3) is 0.619. The number of carbonyl (C=O) groups excluding carboxylic acids is 2. The van der Waals surface area contributed by atoms with Crippen LogP contribution in [0.1, 0.15) is 54.8 Å². The summed E-state index contributed by atoms with van der Waals surface area (Å²) in [7, 11) is 3.60. The van der Waals surface area contributed by atoms with Gasteiger partial charge < -0.3 is 24.6 Å². The molecule has 3 heterocycles. The van der Waals surface area contributed by atoms with E-state index in [1.54, 1.807) is 7.05 Å². The van der Waals surface area contributed by atoms with Crippen molar-refractivity contribution in [1.29, 1.82) is 0 Å². The highest BCUT2D eigenvalue weighted by Crippen LogP contribution is 2.31. The largest absolute Gasteiger partial charge is 0.361 e. The van der Waals surface area contributed by atoms with E-state index in [1.165, 1.54) is 0 Å². The lowest BCUT2D eigenvalue weighted by Gasteiger charge is -2.29. The van der Waals surface area contributed by atoms with Crippen LogP contribution in [0.3, 0.4) is 0 Å². The summed E-state index contributed by atoms with van der Waals surface area (Å²) in [5.74, 6) is 0.775. The van der Waals surface area contributed by atoms with Gasteiger partial charge in [-0.1, -0.05) is 25.9 Å². The first-order valence-corrected chi connectivity index (χ1v) is 10.3. The Morgan fingerprint density at radius 3 is 2.47 bits per heavy atom. The summed E-state index contributed by atoms with van der Waals surface area (Å²) >= 11 is 0. The Bertz CT molecular complexity index is 933. The normalized spacial score (nSPS) is 16.0. The molecule has 3 rings (SSSR count). The van der Waals surface area contributed by atoms with E-state index in [4.69, 9.17) is 9.51 Å². The van der Waals surface area contributed by atoms with Gasteiger partial charge in [-0.15, -0.1) is 0 Å². The van der Waals surface area contributed by atoms with Crippen LogP contribution >= 0.6 is 0 Å². The smallest absolute Gasteiger partial charge is 0.272 e. The second-order valence-corrected chi connectivity index (χ2v) is 9.06. The summed E-state index contributed by atoms with van der Waals surface area (Å²) in [5.41, 5.74) is 2.29. The van der Waals surface area contributed by atoms with Crippen LogP contribution in [0.4, 0.5) is 0 Å². The highest BCUT2D eigenvalue weighted by molar-refractivity contribution is 5.98. The molecule has 9 nitrogen and oxygen atoms in total. The zero-order valence-electron chi connectivity index (χ0n) is 18.9. The zero-order chi connectivity index (χ0) is 22.2. The Kier molecular flexibility index (Phi) is 6.03. The van der Waals surface area contributed by atoms with Crippen LogP contribution < -0.4 is 10.6 Å². The maximum absolute atomic E-state index is 13.3. The number of hydrogen-bond donors (Lipinski definition) is 2. The van der Waals surface area contributed by atoms with Gasteiger partial charge in [0.05, 0.1) is 17.0 Å². The number of carbonyl (C=O) groups is 2. The molecule has 0 radical (unpaired) electrons. The monoisotopic (exact) mass is 416 g/mol. The number of aryl methyl sites for hydroxylation is 2. The van der Waals surface area contributed by atoms with E-state index in [9.17, 15) is 9.59 Å². The Morgan fingerprint density at radius 1 is 1.20 bits per heavy atom. The zero-order valence-corrected chi connectivity index (χ0v) is 18.9. The highest BCUT2D eigenvalue weighted by atomic mass is 16.5. The molecular formula is C21H32N6O3. The van der Waals surface area contributed by atoms with Gasteiger partial charge in [-0.3, -0.25) is 9.59 Å². The van der Waals surface area contributed by atoms with Gasteiger partial charge in [0.1, 0.15) is 17.6 Å². The molecule has 30 heavy (non-hydrogen) atoms. The summed E-state index contributed by atoms with van der Waals surface area (Å²) in [6.07, 6.45) is 0.945. The minimum absolute atomic E-state index is 0.232. The quantitative estimate of drug-likeness (QED) is 0.788. The summed E-state index contributed by atoms with van der Waals surface area (Å²) in [5, 5.41) is 9.61. The number of rotatable bonds is 4. The molecule has 2 N–H and O–H groups in total. The first-order valence-electron chi connectivity index (χ1n) is 10.3.